The zero-order valence-corrected chi connectivity index (χ0v) is 22.6. The summed E-state index contributed by atoms with van der Waals surface area (Å²) in [7, 11) is 0. The highest BCUT2D eigenvalue weighted by atomic mass is 32.1. The Hall–Kier alpha value is -3.90. The van der Waals surface area contributed by atoms with Crippen LogP contribution in [0.1, 0.15) is 55.3 Å². The number of hydrogen-bond donors (Lipinski definition) is 1. The standard InChI is InChI=1S/C28H32N4O4S/c1-6-26-31-32-28(37-26)30-27(33)21(17-29)15-20-9-11-23(25(16-20)34-7-2)35-12-13-36-24-14-19(5)8-10-22(24)18(3)4/h8-11,14-16,18H,6-7,12-13H2,1-5H3,(H,30,32,33). The van der Waals surface area contributed by atoms with Crippen molar-refractivity contribution >= 4 is 28.5 Å². The predicted octanol–water partition coefficient (Wildman–Crippen LogP) is 5.93. The van der Waals surface area contributed by atoms with Gasteiger partial charge in [-0.15, -0.1) is 10.2 Å². The molecule has 0 saturated carbocycles. The Labute approximate surface area is 221 Å². The molecule has 0 spiro atoms. The molecule has 0 unspecified atom stereocenters. The normalized spacial score (nSPS) is 11.2. The van der Waals surface area contributed by atoms with Crippen LogP contribution in [0.15, 0.2) is 42.0 Å². The molecular formula is C28H32N4O4S. The monoisotopic (exact) mass is 520 g/mol. The van der Waals surface area contributed by atoms with Crippen LogP contribution in [0.5, 0.6) is 17.2 Å². The van der Waals surface area contributed by atoms with E-state index in [0.717, 1.165) is 28.3 Å². The lowest BCUT2D eigenvalue weighted by molar-refractivity contribution is -0.112. The van der Waals surface area contributed by atoms with Crippen molar-refractivity contribution in [3.05, 3.63) is 63.7 Å². The average Bonchev–Trinajstić information content (AvgIpc) is 3.33. The molecule has 194 valence electrons. The summed E-state index contributed by atoms with van der Waals surface area (Å²) in [5, 5.41) is 21.2. The molecule has 1 aromatic heterocycles. The molecule has 0 saturated heterocycles. The maximum absolute atomic E-state index is 12.6. The predicted molar refractivity (Wildman–Crippen MR) is 145 cm³/mol. The van der Waals surface area contributed by atoms with Gasteiger partial charge in [0.2, 0.25) is 5.13 Å². The van der Waals surface area contributed by atoms with Gasteiger partial charge in [-0.1, -0.05) is 50.3 Å². The molecule has 0 fully saturated rings. The quantitative estimate of drug-likeness (QED) is 0.179. The first kappa shape index (κ1) is 27.7. The number of nitrogens with one attached hydrogen (secondary N) is 1. The van der Waals surface area contributed by atoms with Gasteiger partial charge in [-0.25, -0.2) is 0 Å². The fourth-order valence-corrected chi connectivity index (χ4v) is 4.15. The van der Waals surface area contributed by atoms with Gasteiger partial charge >= 0.3 is 0 Å². The summed E-state index contributed by atoms with van der Waals surface area (Å²) in [5.41, 5.74) is 2.87. The van der Waals surface area contributed by atoms with E-state index in [1.165, 1.54) is 17.4 Å². The van der Waals surface area contributed by atoms with Gasteiger partial charge in [-0.2, -0.15) is 5.26 Å². The Balaban J connectivity index is 1.67. The number of anilines is 1. The minimum atomic E-state index is -0.548. The third-order valence-corrected chi connectivity index (χ3v) is 6.31. The van der Waals surface area contributed by atoms with Crippen molar-refractivity contribution in [1.29, 1.82) is 5.26 Å². The molecule has 2 aromatic carbocycles. The minimum Gasteiger partial charge on any atom is -0.490 e. The van der Waals surface area contributed by atoms with Gasteiger partial charge in [0.05, 0.1) is 6.61 Å². The summed E-state index contributed by atoms with van der Waals surface area (Å²) in [5.74, 6) is 1.75. The molecule has 0 bridgehead atoms. The van der Waals surface area contributed by atoms with Crippen molar-refractivity contribution < 1.29 is 19.0 Å². The molecule has 1 heterocycles. The lowest BCUT2D eigenvalue weighted by Crippen LogP contribution is -2.13. The van der Waals surface area contributed by atoms with Crippen LogP contribution in [-0.2, 0) is 11.2 Å². The molecule has 8 nitrogen and oxygen atoms in total. The van der Waals surface area contributed by atoms with Crippen LogP contribution in [-0.4, -0.2) is 35.9 Å². The SMILES string of the molecule is CCOc1cc(C=C(C#N)C(=O)Nc2nnc(CC)s2)ccc1OCCOc1cc(C)ccc1C(C)C. The Bertz CT molecular complexity index is 1290. The molecular weight excluding hydrogens is 488 g/mol. The second-order valence-electron chi connectivity index (χ2n) is 8.51. The van der Waals surface area contributed by atoms with Crippen molar-refractivity contribution in [1.82, 2.24) is 10.2 Å². The highest BCUT2D eigenvalue weighted by molar-refractivity contribution is 7.15. The van der Waals surface area contributed by atoms with Crippen molar-refractivity contribution in [2.45, 2.75) is 47.0 Å². The summed E-state index contributed by atoms with van der Waals surface area (Å²) in [6, 6.07) is 13.4. The number of benzene rings is 2. The molecule has 0 aliphatic heterocycles. The first-order chi connectivity index (χ1) is 17.8. The van der Waals surface area contributed by atoms with Gasteiger partial charge in [0.25, 0.3) is 5.91 Å². The number of hydrogen-bond acceptors (Lipinski definition) is 8. The molecule has 3 rings (SSSR count). The molecule has 0 atom stereocenters. The lowest BCUT2D eigenvalue weighted by Gasteiger charge is -2.16. The second kappa shape index (κ2) is 13.4. The number of carbonyl (C=O) groups excluding carboxylic acids is 1. The van der Waals surface area contributed by atoms with E-state index >= 15 is 0 Å². The van der Waals surface area contributed by atoms with Crippen LogP contribution in [0.4, 0.5) is 5.13 Å². The summed E-state index contributed by atoms with van der Waals surface area (Å²) in [6.45, 7) is 11.3. The van der Waals surface area contributed by atoms with Gasteiger partial charge in [0, 0.05) is 0 Å². The van der Waals surface area contributed by atoms with E-state index in [-0.39, 0.29) is 5.57 Å². The number of nitrogens with zero attached hydrogens (tertiary/aromatic N) is 3. The number of rotatable bonds is 12. The van der Waals surface area contributed by atoms with Crippen molar-refractivity contribution in [3.63, 3.8) is 0 Å². The van der Waals surface area contributed by atoms with Gasteiger partial charge in [0.15, 0.2) is 11.5 Å². The molecule has 9 heteroatoms. The van der Waals surface area contributed by atoms with Gasteiger partial charge in [-0.3, -0.25) is 10.1 Å². The topological polar surface area (TPSA) is 106 Å². The zero-order valence-electron chi connectivity index (χ0n) is 21.8. The first-order valence-electron chi connectivity index (χ1n) is 12.2. The van der Waals surface area contributed by atoms with E-state index in [9.17, 15) is 10.1 Å². The molecule has 0 aliphatic carbocycles. The summed E-state index contributed by atoms with van der Waals surface area (Å²) in [6.07, 6.45) is 2.22. The second-order valence-corrected chi connectivity index (χ2v) is 9.57. The van der Waals surface area contributed by atoms with Gasteiger partial charge < -0.3 is 14.2 Å². The van der Waals surface area contributed by atoms with Crippen LogP contribution in [0.2, 0.25) is 0 Å². The number of ether oxygens (including phenoxy) is 3. The Morgan fingerprint density at radius 2 is 1.81 bits per heavy atom. The smallest absolute Gasteiger partial charge is 0.268 e. The van der Waals surface area contributed by atoms with E-state index in [2.05, 4.69) is 41.5 Å². The van der Waals surface area contributed by atoms with Crippen molar-refractivity contribution in [2.75, 3.05) is 25.1 Å². The highest BCUT2D eigenvalue weighted by Crippen LogP contribution is 2.30. The van der Waals surface area contributed by atoms with E-state index < -0.39 is 5.91 Å². The van der Waals surface area contributed by atoms with Gasteiger partial charge in [-0.05, 0) is 67.2 Å². The zero-order chi connectivity index (χ0) is 26.8. The fourth-order valence-electron chi connectivity index (χ4n) is 3.48. The maximum Gasteiger partial charge on any atom is 0.268 e. The number of aryl methyl sites for hydroxylation is 2. The van der Waals surface area contributed by atoms with Crippen molar-refractivity contribution in [2.24, 2.45) is 0 Å². The van der Waals surface area contributed by atoms with E-state index in [0.29, 0.717) is 47.9 Å². The number of nitriles is 1. The van der Waals surface area contributed by atoms with E-state index in [1.54, 1.807) is 18.2 Å². The largest absolute Gasteiger partial charge is 0.490 e. The molecule has 37 heavy (non-hydrogen) atoms. The molecule has 3 aromatic rings. The van der Waals surface area contributed by atoms with Crippen LogP contribution >= 0.6 is 11.3 Å². The average molecular weight is 521 g/mol. The van der Waals surface area contributed by atoms with Crippen LogP contribution in [0, 0.1) is 18.3 Å². The third kappa shape index (κ3) is 7.79. The number of amides is 1. The molecule has 0 aliphatic rings. The van der Waals surface area contributed by atoms with E-state index in [1.807, 2.05) is 32.9 Å². The fraction of sp³-hybridized carbons (Fsp3) is 0.357. The first-order valence-corrected chi connectivity index (χ1v) is 13.0. The highest BCUT2D eigenvalue weighted by Gasteiger charge is 2.14. The summed E-state index contributed by atoms with van der Waals surface area (Å²) in [4.78, 5) is 12.6. The number of aromatic nitrogens is 2. The Kier molecular flexibility index (Phi) is 10.0. The van der Waals surface area contributed by atoms with Gasteiger partial charge in [0.1, 0.15) is 35.6 Å². The molecule has 1 N–H and O–H groups in total. The lowest BCUT2D eigenvalue weighted by atomic mass is 10.0. The summed E-state index contributed by atoms with van der Waals surface area (Å²) >= 11 is 1.28. The number of carbonyl (C=O) groups is 1. The maximum atomic E-state index is 12.6. The van der Waals surface area contributed by atoms with Crippen LogP contribution in [0.25, 0.3) is 6.08 Å². The van der Waals surface area contributed by atoms with Crippen LogP contribution in [0.3, 0.4) is 0 Å². The molecule has 1 amide bonds. The Morgan fingerprint density at radius 1 is 1.05 bits per heavy atom. The summed E-state index contributed by atoms with van der Waals surface area (Å²) < 4.78 is 17.7. The minimum absolute atomic E-state index is 0.0584. The molecule has 0 radical (unpaired) electrons. The third-order valence-electron chi connectivity index (χ3n) is 5.32. The van der Waals surface area contributed by atoms with Crippen molar-refractivity contribution in [3.8, 4) is 23.3 Å². The van der Waals surface area contributed by atoms with Crippen LogP contribution < -0.4 is 19.5 Å². The van der Waals surface area contributed by atoms with E-state index in [4.69, 9.17) is 14.2 Å². The Morgan fingerprint density at radius 3 is 2.46 bits per heavy atom.